The molecule has 0 saturated heterocycles. The fourth-order valence-corrected chi connectivity index (χ4v) is 3.16. The molecule has 7 nitrogen and oxygen atoms in total. The number of nitrogens with one attached hydrogen (secondary N) is 1. The first-order chi connectivity index (χ1) is 13.9. The Morgan fingerprint density at radius 3 is 2.28 bits per heavy atom. The average Bonchev–Trinajstić information content (AvgIpc) is 2.74. The van der Waals surface area contributed by atoms with Crippen LogP contribution >= 0.6 is 0 Å². The van der Waals surface area contributed by atoms with Gasteiger partial charge >= 0.3 is 5.97 Å². The number of hydrogen-bond donors (Lipinski definition) is 1. The second-order valence-electron chi connectivity index (χ2n) is 6.13. The smallest absolute Gasteiger partial charge is 0.321 e. The minimum atomic E-state index is -3.80. The number of likely N-dealkylation sites (N-methyl/N-ethyl adjacent to an activating group) is 1. The van der Waals surface area contributed by atoms with Gasteiger partial charge in [-0.3, -0.25) is 9.59 Å². The Morgan fingerprint density at radius 2 is 1.66 bits per heavy atom. The first-order valence-corrected chi connectivity index (χ1v) is 10.6. The molecule has 2 aromatic carbocycles. The lowest BCUT2D eigenvalue weighted by Crippen LogP contribution is -2.36. The lowest BCUT2D eigenvalue weighted by Gasteiger charge is -2.20. The predicted octanol–water partition coefficient (Wildman–Crippen LogP) is 2.17. The Bertz CT molecular complexity index is 928. The summed E-state index contributed by atoms with van der Waals surface area (Å²) in [5.41, 5.74) is 1.68. The molecule has 0 radical (unpaired) electrons. The van der Waals surface area contributed by atoms with Crippen molar-refractivity contribution in [3.8, 4) is 0 Å². The van der Waals surface area contributed by atoms with Crippen LogP contribution in [0.15, 0.2) is 66.1 Å². The summed E-state index contributed by atoms with van der Waals surface area (Å²) >= 11 is 0. The Morgan fingerprint density at radius 1 is 1.03 bits per heavy atom. The number of amides is 1. The highest BCUT2D eigenvalue weighted by atomic mass is 32.2. The molecule has 1 N–H and O–H groups in total. The Balaban J connectivity index is 1.78. The normalized spacial score (nSPS) is 11.3. The van der Waals surface area contributed by atoms with E-state index in [0.29, 0.717) is 18.7 Å². The lowest BCUT2D eigenvalue weighted by atomic mass is 10.2. The maximum Gasteiger partial charge on any atom is 0.321 e. The third kappa shape index (κ3) is 8.28. The van der Waals surface area contributed by atoms with E-state index < -0.39 is 29.1 Å². The number of ether oxygens (including phenoxy) is 1. The van der Waals surface area contributed by atoms with Gasteiger partial charge in [0.15, 0.2) is 6.61 Å². The van der Waals surface area contributed by atoms with Crippen molar-refractivity contribution in [1.29, 1.82) is 0 Å². The van der Waals surface area contributed by atoms with Gasteiger partial charge in [-0.05, 0) is 24.1 Å². The molecular weight excluding hydrogens is 392 g/mol. The monoisotopic (exact) mass is 416 g/mol. The fraction of sp³-hybridized carbons (Fsp3) is 0.238. The van der Waals surface area contributed by atoms with Crippen LogP contribution in [0, 0.1) is 0 Å². The SMILES string of the molecule is CCN(Cc1ccccc1)C(=O)COC(=O)CNS(=O)(=O)/C=C/c1ccccc1. The number of esters is 1. The molecule has 29 heavy (non-hydrogen) atoms. The molecule has 154 valence electrons. The first kappa shape index (κ1) is 22.3. The molecule has 0 fully saturated rings. The quantitative estimate of drug-likeness (QED) is 0.599. The highest BCUT2D eigenvalue weighted by Gasteiger charge is 2.16. The van der Waals surface area contributed by atoms with E-state index >= 15 is 0 Å². The van der Waals surface area contributed by atoms with Crippen LogP contribution in [0.4, 0.5) is 0 Å². The molecule has 2 aromatic rings. The van der Waals surface area contributed by atoms with Crippen molar-refractivity contribution in [1.82, 2.24) is 9.62 Å². The van der Waals surface area contributed by atoms with Crippen LogP contribution in [0.3, 0.4) is 0 Å². The Hall–Kier alpha value is -2.97. The third-order valence-corrected chi connectivity index (χ3v) is 5.01. The lowest BCUT2D eigenvalue weighted by molar-refractivity contribution is -0.151. The second-order valence-corrected chi connectivity index (χ2v) is 7.78. The number of rotatable bonds is 10. The van der Waals surface area contributed by atoms with Gasteiger partial charge in [-0.1, -0.05) is 60.7 Å². The minimum absolute atomic E-state index is 0.350. The summed E-state index contributed by atoms with van der Waals surface area (Å²) < 4.78 is 30.9. The molecule has 0 aliphatic carbocycles. The molecule has 0 aliphatic heterocycles. The molecule has 0 aliphatic rings. The highest BCUT2D eigenvalue weighted by molar-refractivity contribution is 7.92. The molecule has 0 unspecified atom stereocenters. The Labute approximate surface area is 171 Å². The van der Waals surface area contributed by atoms with Gasteiger partial charge in [0.1, 0.15) is 6.54 Å². The number of sulfonamides is 1. The van der Waals surface area contributed by atoms with E-state index in [0.717, 1.165) is 11.0 Å². The number of carbonyl (C=O) groups excluding carboxylic acids is 2. The van der Waals surface area contributed by atoms with Crippen molar-refractivity contribution in [3.63, 3.8) is 0 Å². The van der Waals surface area contributed by atoms with Gasteiger partial charge in [0.2, 0.25) is 10.0 Å². The van der Waals surface area contributed by atoms with Crippen LogP contribution in [0.5, 0.6) is 0 Å². The highest BCUT2D eigenvalue weighted by Crippen LogP contribution is 2.05. The van der Waals surface area contributed by atoms with Crippen LogP contribution in [-0.4, -0.2) is 44.9 Å². The summed E-state index contributed by atoms with van der Waals surface area (Å²) in [7, 11) is -3.80. The van der Waals surface area contributed by atoms with Crippen molar-refractivity contribution in [2.45, 2.75) is 13.5 Å². The molecule has 0 aromatic heterocycles. The van der Waals surface area contributed by atoms with Gasteiger partial charge in [0.05, 0.1) is 0 Å². The van der Waals surface area contributed by atoms with E-state index in [-0.39, 0.29) is 5.91 Å². The molecule has 2 rings (SSSR count). The van der Waals surface area contributed by atoms with Gasteiger partial charge in [0.25, 0.3) is 5.91 Å². The largest absolute Gasteiger partial charge is 0.455 e. The zero-order valence-corrected chi connectivity index (χ0v) is 17.0. The van der Waals surface area contributed by atoms with E-state index in [9.17, 15) is 18.0 Å². The van der Waals surface area contributed by atoms with Crippen molar-refractivity contribution in [2.75, 3.05) is 19.7 Å². The van der Waals surface area contributed by atoms with E-state index in [2.05, 4.69) is 4.72 Å². The fourth-order valence-electron chi connectivity index (χ4n) is 2.40. The minimum Gasteiger partial charge on any atom is -0.455 e. The summed E-state index contributed by atoms with van der Waals surface area (Å²) in [5.74, 6) is -1.18. The van der Waals surface area contributed by atoms with Crippen LogP contribution < -0.4 is 4.72 Å². The van der Waals surface area contributed by atoms with Gasteiger partial charge in [-0.15, -0.1) is 0 Å². The number of hydrogen-bond acceptors (Lipinski definition) is 5. The zero-order valence-electron chi connectivity index (χ0n) is 16.2. The van der Waals surface area contributed by atoms with E-state index in [4.69, 9.17) is 4.74 Å². The molecule has 8 heteroatoms. The van der Waals surface area contributed by atoms with Crippen LogP contribution in [-0.2, 0) is 30.9 Å². The van der Waals surface area contributed by atoms with Crippen molar-refractivity contribution in [3.05, 3.63) is 77.2 Å². The number of carbonyl (C=O) groups is 2. The van der Waals surface area contributed by atoms with Gasteiger partial charge in [0, 0.05) is 18.5 Å². The maximum atomic E-state index is 12.2. The van der Waals surface area contributed by atoms with Gasteiger partial charge < -0.3 is 9.64 Å². The molecule has 1 amide bonds. The number of nitrogens with zero attached hydrogens (tertiary/aromatic N) is 1. The number of benzene rings is 2. The zero-order chi connectivity index (χ0) is 21.1. The molecule has 0 bridgehead atoms. The van der Waals surface area contributed by atoms with Crippen LogP contribution in [0.1, 0.15) is 18.1 Å². The first-order valence-electron chi connectivity index (χ1n) is 9.09. The van der Waals surface area contributed by atoms with E-state index in [1.807, 2.05) is 43.3 Å². The standard InChI is InChI=1S/C21H24N2O5S/c1-2-23(16-19-11-7-4-8-12-19)20(24)17-28-21(25)15-22-29(26,27)14-13-18-9-5-3-6-10-18/h3-14,22H,2,15-17H2,1H3/b14-13+. The maximum absolute atomic E-state index is 12.2. The molecule has 0 atom stereocenters. The van der Waals surface area contributed by atoms with Crippen LogP contribution in [0.25, 0.3) is 6.08 Å². The molecular formula is C21H24N2O5S. The summed E-state index contributed by atoms with van der Waals surface area (Å²) in [5, 5.41) is 0.972. The summed E-state index contributed by atoms with van der Waals surface area (Å²) in [6, 6.07) is 18.3. The van der Waals surface area contributed by atoms with Gasteiger partial charge in [-0.25, -0.2) is 13.1 Å². The van der Waals surface area contributed by atoms with Crippen molar-refractivity contribution >= 4 is 28.0 Å². The predicted molar refractivity (Wildman–Crippen MR) is 111 cm³/mol. The van der Waals surface area contributed by atoms with Crippen molar-refractivity contribution in [2.24, 2.45) is 0 Å². The topological polar surface area (TPSA) is 92.8 Å². The molecule has 0 spiro atoms. The average molecular weight is 416 g/mol. The summed E-state index contributed by atoms with van der Waals surface area (Å²) in [6.45, 7) is 1.70. The molecule has 0 saturated carbocycles. The third-order valence-electron chi connectivity index (χ3n) is 3.96. The van der Waals surface area contributed by atoms with Gasteiger partial charge in [-0.2, -0.15) is 0 Å². The van der Waals surface area contributed by atoms with E-state index in [1.54, 1.807) is 29.2 Å². The van der Waals surface area contributed by atoms with Crippen molar-refractivity contribution < 1.29 is 22.7 Å². The summed E-state index contributed by atoms with van der Waals surface area (Å²) in [4.78, 5) is 25.6. The second kappa shape index (κ2) is 11.1. The van der Waals surface area contributed by atoms with Crippen LogP contribution in [0.2, 0.25) is 0 Å². The summed E-state index contributed by atoms with van der Waals surface area (Å²) in [6.07, 6.45) is 1.42. The molecule has 0 heterocycles. The Kier molecular flexibility index (Phi) is 8.57. The van der Waals surface area contributed by atoms with E-state index in [1.165, 1.54) is 6.08 Å².